The molecule has 6 heteroatoms. The molecule has 2 aromatic rings. The topological polar surface area (TPSA) is 99.0 Å². The minimum absolute atomic E-state index is 0.0480. The van der Waals surface area contributed by atoms with Crippen molar-refractivity contribution in [2.75, 3.05) is 13.7 Å². The van der Waals surface area contributed by atoms with Crippen molar-refractivity contribution in [1.29, 1.82) is 0 Å². The summed E-state index contributed by atoms with van der Waals surface area (Å²) in [6, 6.07) is 8.08. The third-order valence-electron chi connectivity index (χ3n) is 7.91. The molecule has 0 heterocycles. The van der Waals surface area contributed by atoms with E-state index in [0.29, 0.717) is 18.7 Å². The third kappa shape index (κ3) is 3.65. The van der Waals surface area contributed by atoms with Crippen LogP contribution in [0.25, 0.3) is 0 Å². The lowest BCUT2D eigenvalue weighted by atomic mass is 9.48. The van der Waals surface area contributed by atoms with Crippen LogP contribution in [0.1, 0.15) is 60.0 Å². The van der Waals surface area contributed by atoms with Crippen molar-refractivity contribution in [3.8, 4) is 23.0 Å². The van der Waals surface area contributed by atoms with Gasteiger partial charge in [-0.1, -0.05) is 6.07 Å². The number of methoxy groups -OCH3 is 1. The van der Waals surface area contributed by atoms with Crippen LogP contribution >= 0.6 is 0 Å². The minimum Gasteiger partial charge on any atom is -0.507 e. The molecule has 170 valence electrons. The number of phenols is 3. The molecule has 0 aliphatic heterocycles. The molecule has 0 radical (unpaired) electrons. The first-order valence-electron chi connectivity index (χ1n) is 11.6. The fourth-order valence-corrected chi connectivity index (χ4v) is 6.91. The summed E-state index contributed by atoms with van der Waals surface area (Å²) < 4.78 is 5.67. The number of rotatable bonds is 6. The fourth-order valence-electron chi connectivity index (χ4n) is 6.91. The number of hydrogen-bond donors (Lipinski definition) is 4. The summed E-state index contributed by atoms with van der Waals surface area (Å²) in [5.74, 6) is 2.23. The van der Waals surface area contributed by atoms with Crippen LogP contribution in [-0.2, 0) is 11.8 Å². The summed E-state index contributed by atoms with van der Waals surface area (Å²) in [6.45, 7) is 0.348. The lowest BCUT2D eigenvalue weighted by Gasteiger charge is -2.57. The Balaban J connectivity index is 1.36. The molecule has 4 bridgehead atoms. The second-order valence-corrected chi connectivity index (χ2v) is 10.1. The zero-order chi connectivity index (χ0) is 22.5. The van der Waals surface area contributed by atoms with E-state index >= 15 is 0 Å². The normalized spacial score (nSPS) is 28.0. The van der Waals surface area contributed by atoms with E-state index in [1.165, 1.54) is 31.4 Å². The summed E-state index contributed by atoms with van der Waals surface area (Å²) >= 11 is 0. The first-order chi connectivity index (χ1) is 15.4. The van der Waals surface area contributed by atoms with E-state index in [2.05, 4.69) is 5.32 Å². The molecule has 1 amide bonds. The first kappa shape index (κ1) is 21.0. The molecule has 32 heavy (non-hydrogen) atoms. The van der Waals surface area contributed by atoms with Crippen LogP contribution in [0.2, 0.25) is 0 Å². The highest BCUT2D eigenvalue weighted by molar-refractivity contribution is 5.97. The maximum Gasteiger partial charge on any atom is 0.255 e. The first-order valence-corrected chi connectivity index (χ1v) is 11.6. The van der Waals surface area contributed by atoms with Gasteiger partial charge in [-0.15, -0.1) is 0 Å². The Bertz CT molecular complexity index is 1010. The maximum absolute atomic E-state index is 13.0. The molecule has 4 aliphatic carbocycles. The number of ether oxygens (including phenoxy) is 1. The standard InChI is InChI=1S/C26H31NO5/c1-32-24-11-22(29)19(25(31)27-5-4-15-2-3-21(28)23(30)9-15)10-20(24)26-12-16-6-17(13-26)8-18(7-16)14-26/h2-3,9-11,16-18,28-30H,4-8,12-14H2,1H3,(H,27,31). The van der Waals surface area contributed by atoms with Crippen LogP contribution in [0.4, 0.5) is 0 Å². The molecule has 0 aromatic heterocycles. The molecule has 4 fully saturated rings. The Morgan fingerprint density at radius 2 is 1.62 bits per heavy atom. The molecule has 4 aliphatic rings. The van der Waals surface area contributed by atoms with E-state index in [-0.39, 0.29) is 34.1 Å². The van der Waals surface area contributed by atoms with E-state index in [1.54, 1.807) is 19.2 Å². The predicted octanol–water partition coefficient (Wildman–Crippen LogP) is 4.25. The molecule has 6 rings (SSSR count). The number of carbonyl (C=O) groups is 1. The highest BCUT2D eigenvalue weighted by atomic mass is 16.5. The van der Waals surface area contributed by atoms with Crippen LogP contribution in [0.5, 0.6) is 23.0 Å². The Kier molecular flexibility index (Phi) is 5.19. The molecule has 0 saturated heterocycles. The number of hydrogen-bond acceptors (Lipinski definition) is 5. The summed E-state index contributed by atoms with van der Waals surface area (Å²) in [6.07, 6.45) is 7.93. The van der Waals surface area contributed by atoms with Gasteiger partial charge in [-0.25, -0.2) is 0 Å². The van der Waals surface area contributed by atoms with Gasteiger partial charge >= 0.3 is 0 Å². The van der Waals surface area contributed by atoms with Crippen LogP contribution in [0.15, 0.2) is 30.3 Å². The summed E-state index contributed by atoms with van der Waals surface area (Å²) in [4.78, 5) is 13.0. The van der Waals surface area contributed by atoms with Crippen LogP contribution in [-0.4, -0.2) is 34.9 Å². The smallest absolute Gasteiger partial charge is 0.255 e. The Labute approximate surface area is 188 Å². The molecule has 4 saturated carbocycles. The van der Waals surface area contributed by atoms with Crippen molar-refractivity contribution >= 4 is 5.91 Å². The second kappa shape index (κ2) is 7.91. The Morgan fingerprint density at radius 1 is 0.969 bits per heavy atom. The highest BCUT2D eigenvalue weighted by Gasteiger charge is 2.52. The van der Waals surface area contributed by atoms with Crippen molar-refractivity contribution < 1.29 is 24.9 Å². The van der Waals surface area contributed by atoms with Crippen molar-refractivity contribution in [1.82, 2.24) is 5.32 Å². The molecule has 6 nitrogen and oxygen atoms in total. The summed E-state index contributed by atoms with van der Waals surface area (Å²) in [5, 5.41) is 32.5. The number of phenolic OH excluding ortho intramolecular Hbond substituents is 3. The maximum atomic E-state index is 13.0. The van der Waals surface area contributed by atoms with Gasteiger partial charge in [0.25, 0.3) is 5.91 Å². The SMILES string of the molecule is COc1cc(O)c(C(=O)NCCc2ccc(O)c(O)c2)cc1C12CC3CC(CC(C3)C1)C2. The van der Waals surface area contributed by atoms with E-state index in [1.807, 2.05) is 6.07 Å². The summed E-state index contributed by atoms with van der Waals surface area (Å²) in [7, 11) is 1.63. The van der Waals surface area contributed by atoms with Gasteiger partial charge in [0.2, 0.25) is 0 Å². The molecular formula is C26H31NO5. The van der Waals surface area contributed by atoms with Gasteiger partial charge in [0.1, 0.15) is 11.5 Å². The predicted molar refractivity (Wildman–Crippen MR) is 120 cm³/mol. The monoisotopic (exact) mass is 437 g/mol. The number of benzene rings is 2. The quantitative estimate of drug-likeness (QED) is 0.507. The van der Waals surface area contributed by atoms with Crippen LogP contribution in [0.3, 0.4) is 0 Å². The summed E-state index contributed by atoms with van der Waals surface area (Å²) in [5.41, 5.74) is 2.20. The largest absolute Gasteiger partial charge is 0.507 e. The van der Waals surface area contributed by atoms with Crippen LogP contribution in [0, 0.1) is 17.8 Å². The Morgan fingerprint density at radius 3 is 2.22 bits per heavy atom. The van der Waals surface area contributed by atoms with E-state index in [9.17, 15) is 20.1 Å². The number of amides is 1. The van der Waals surface area contributed by atoms with Crippen molar-refractivity contribution in [3.63, 3.8) is 0 Å². The molecule has 0 atom stereocenters. The molecule has 4 N–H and O–H groups in total. The number of nitrogens with one attached hydrogen (secondary N) is 1. The zero-order valence-electron chi connectivity index (χ0n) is 18.4. The van der Waals surface area contributed by atoms with Crippen molar-refractivity contribution in [2.45, 2.75) is 50.4 Å². The molecule has 0 spiro atoms. The lowest BCUT2D eigenvalue weighted by molar-refractivity contribution is -0.00619. The third-order valence-corrected chi connectivity index (χ3v) is 7.91. The van der Waals surface area contributed by atoms with E-state index in [4.69, 9.17) is 4.74 Å². The number of aromatic hydroxyl groups is 3. The van der Waals surface area contributed by atoms with E-state index < -0.39 is 0 Å². The zero-order valence-corrected chi connectivity index (χ0v) is 18.4. The highest BCUT2D eigenvalue weighted by Crippen LogP contribution is 2.62. The molecule has 2 aromatic carbocycles. The lowest BCUT2D eigenvalue weighted by Crippen LogP contribution is -2.48. The minimum atomic E-state index is -0.320. The van der Waals surface area contributed by atoms with Gasteiger partial charge in [-0.05, 0) is 91.9 Å². The van der Waals surface area contributed by atoms with Gasteiger partial charge in [0.05, 0.1) is 12.7 Å². The van der Waals surface area contributed by atoms with Gasteiger partial charge in [-0.3, -0.25) is 4.79 Å². The van der Waals surface area contributed by atoms with Crippen molar-refractivity contribution in [3.05, 3.63) is 47.0 Å². The van der Waals surface area contributed by atoms with Gasteiger partial charge < -0.3 is 25.4 Å². The average Bonchev–Trinajstić information content (AvgIpc) is 2.74. The van der Waals surface area contributed by atoms with E-state index in [0.717, 1.165) is 48.1 Å². The Hall–Kier alpha value is -2.89. The van der Waals surface area contributed by atoms with Gasteiger partial charge in [-0.2, -0.15) is 0 Å². The fraction of sp³-hybridized carbons (Fsp3) is 0.500. The number of carbonyl (C=O) groups excluding carboxylic acids is 1. The van der Waals surface area contributed by atoms with Gasteiger partial charge in [0, 0.05) is 18.2 Å². The van der Waals surface area contributed by atoms with Gasteiger partial charge in [0.15, 0.2) is 11.5 Å². The molecular weight excluding hydrogens is 406 g/mol. The average molecular weight is 438 g/mol. The van der Waals surface area contributed by atoms with Crippen molar-refractivity contribution in [2.24, 2.45) is 17.8 Å². The molecule has 0 unspecified atom stereocenters. The second-order valence-electron chi connectivity index (χ2n) is 10.1. The van der Waals surface area contributed by atoms with Crippen LogP contribution < -0.4 is 10.1 Å².